The molecule has 1 atom stereocenters. The highest BCUT2D eigenvalue weighted by Gasteiger charge is 2.26. The number of carbonyl (C=O) groups excluding carboxylic acids is 1. The van der Waals surface area contributed by atoms with Gasteiger partial charge in [-0.3, -0.25) is 4.79 Å². The number of benzene rings is 1. The average Bonchev–Trinajstić information content (AvgIpc) is 3.15. The summed E-state index contributed by atoms with van der Waals surface area (Å²) in [4.78, 5) is 12.4. The fraction of sp³-hybridized carbons (Fsp3) is 0.412. The molecule has 1 aliphatic heterocycles. The molecule has 0 radical (unpaired) electrons. The predicted octanol–water partition coefficient (Wildman–Crippen LogP) is 0.271. The summed E-state index contributed by atoms with van der Waals surface area (Å²) in [6.45, 7) is 1.07. The van der Waals surface area contributed by atoms with Gasteiger partial charge in [0.25, 0.3) is 5.91 Å². The fourth-order valence-electron chi connectivity index (χ4n) is 2.82. The summed E-state index contributed by atoms with van der Waals surface area (Å²) in [5, 5.41) is 6.98. The average molecular weight is 394 g/mol. The third kappa shape index (κ3) is 4.65. The summed E-state index contributed by atoms with van der Waals surface area (Å²) in [5.41, 5.74) is 1.11. The fourth-order valence-corrected chi connectivity index (χ4v) is 3.66. The molecule has 0 saturated carbocycles. The Hall–Kier alpha value is -2.43. The molecule has 0 spiro atoms. The van der Waals surface area contributed by atoms with Crippen LogP contribution in [0.1, 0.15) is 10.4 Å². The first-order chi connectivity index (χ1) is 12.9. The lowest BCUT2D eigenvalue weighted by Crippen LogP contribution is -2.49. The van der Waals surface area contributed by atoms with Gasteiger partial charge in [-0.15, -0.1) is 0 Å². The largest absolute Gasteiger partial charge is 0.494 e. The number of aromatic nitrogens is 2. The van der Waals surface area contributed by atoms with E-state index in [1.54, 1.807) is 18.0 Å². The van der Waals surface area contributed by atoms with Gasteiger partial charge >= 0.3 is 0 Å². The van der Waals surface area contributed by atoms with Crippen molar-refractivity contribution in [2.75, 3.05) is 39.6 Å². The molecular formula is C17H22N4O5S. The van der Waals surface area contributed by atoms with Crippen LogP contribution in [0.4, 0.5) is 0 Å². The second-order valence-electron chi connectivity index (χ2n) is 6.17. The SMILES string of the molecule is COc1ccccc1-n1cc(C(=O)NCC2CN(S(C)(=O)=O)CCO2)cn1. The number of amides is 1. The van der Waals surface area contributed by atoms with Crippen molar-refractivity contribution in [2.45, 2.75) is 6.10 Å². The lowest BCUT2D eigenvalue weighted by atomic mass is 10.2. The highest BCUT2D eigenvalue weighted by molar-refractivity contribution is 7.88. The van der Waals surface area contributed by atoms with E-state index in [-0.39, 0.29) is 25.1 Å². The van der Waals surface area contributed by atoms with E-state index in [2.05, 4.69) is 10.4 Å². The summed E-state index contributed by atoms with van der Waals surface area (Å²) < 4.78 is 37.0. The maximum Gasteiger partial charge on any atom is 0.254 e. The van der Waals surface area contributed by atoms with Crippen molar-refractivity contribution in [3.8, 4) is 11.4 Å². The Bertz CT molecular complexity index is 912. The molecule has 3 rings (SSSR count). The van der Waals surface area contributed by atoms with E-state index < -0.39 is 10.0 Å². The van der Waals surface area contributed by atoms with Crippen LogP contribution >= 0.6 is 0 Å². The van der Waals surface area contributed by atoms with Crippen molar-refractivity contribution in [3.63, 3.8) is 0 Å². The van der Waals surface area contributed by atoms with Crippen LogP contribution in [0.15, 0.2) is 36.7 Å². The van der Waals surface area contributed by atoms with Gasteiger partial charge in [-0.05, 0) is 12.1 Å². The zero-order chi connectivity index (χ0) is 19.4. The number of hydrogen-bond acceptors (Lipinski definition) is 6. The topological polar surface area (TPSA) is 103 Å². The summed E-state index contributed by atoms with van der Waals surface area (Å²) in [6.07, 6.45) is 3.85. The van der Waals surface area contributed by atoms with Gasteiger partial charge in [0.1, 0.15) is 11.4 Å². The number of nitrogens with zero attached hydrogens (tertiary/aromatic N) is 3. The Morgan fingerprint density at radius 1 is 1.41 bits per heavy atom. The molecule has 27 heavy (non-hydrogen) atoms. The van der Waals surface area contributed by atoms with Gasteiger partial charge < -0.3 is 14.8 Å². The maximum atomic E-state index is 12.4. The van der Waals surface area contributed by atoms with Gasteiger partial charge in [-0.25, -0.2) is 13.1 Å². The minimum Gasteiger partial charge on any atom is -0.494 e. The number of carbonyl (C=O) groups is 1. The van der Waals surface area contributed by atoms with Gasteiger partial charge in [0.05, 0.1) is 37.8 Å². The summed E-state index contributed by atoms with van der Waals surface area (Å²) in [6, 6.07) is 7.35. The lowest BCUT2D eigenvalue weighted by Gasteiger charge is -2.31. The molecule has 0 bridgehead atoms. The standard InChI is InChI=1S/C17H22N4O5S/c1-25-16-6-4-3-5-15(16)21-11-13(9-19-21)17(22)18-10-14-12-20(7-8-26-14)27(2,23)24/h3-6,9,11,14H,7-8,10,12H2,1-2H3,(H,18,22). The molecule has 1 N–H and O–H groups in total. The zero-order valence-electron chi connectivity index (χ0n) is 15.2. The van der Waals surface area contributed by atoms with E-state index in [1.807, 2.05) is 24.3 Å². The molecule has 146 valence electrons. The van der Waals surface area contributed by atoms with E-state index in [1.165, 1.54) is 16.8 Å². The molecule has 1 aromatic carbocycles. The Labute approximate surface area is 157 Å². The van der Waals surface area contributed by atoms with Crippen molar-refractivity contribution in [3.05, 3.63) is 42.2 Å². The van der Waals surface area contributed by atoms with E-state index in [4.69, 9.17) is 9.47 Å². The van der Waals surface area contributed by atoms with Crippen molar-refractivity contribution < 1.29 is 22.7 Å². The molecule has 1 aromatic heterocycles. The first-order valence-electron chi connectivity index (χ1n) is 8.41. The van der Waals surface area contributed by atoms with Crippen LogP contribution in [0, 0.1) is 0 Å². The Morgan fingerprint density at radius 2 is 2.19 bits per heavy atom. The van der Waals surface area contributed by atoms with Crippen LogP contribution in [0.2, 0.25) is 0 Å². The number of rotatable bonds is 6. The molecule has 9 nitrogen and oxygen atoms in total. The quantitative estimate of drug-likeness (QED) is 0.755. The van der Waals surface area contributed by atoms with Crippen LogP contribution < -0.4 is 10.1 Å². The molecule has 1 saturated heterocycles. The Morgan fingerprint density at radius 3 is 2.93 bits per heavy atom. The minimum absolute atomic E-state index is 0.213. The van der Waals surface area contributed by atoms with Gasteiger partial charge in [0.15, 0.2) is 0 Å². The zero-order valence-corrected chi connectivity index (χ0v) is 16.0. The van der Waals surface area contributed by atoms with Crippen LogP contribution in [-0.4, -0.2) is 74.1 Å². The number of methoxy groups -OCH3 is 1. The van der Waals surface area contributed by atoms with Gasteiger partial charge in [-0.1, -0.05) is 12.1 Å². The Kier molecular flexibility index (Phi) is 5.78. The highest BCUT2D eigenvalue weighted by atomic mass is 32.2. The van der Waals surface area contributed by atoms with Gasteiger partial charge in [0.2, 0.25) is 10.0 Å². The molecule has 10 heteroatoms. The molecule has 1 amide bonds. The third-order valence-electron chi connectivity index (χ3n) is 4.24. The first kappa shape index (κ1) is 19.3. The van der Waals surface area contributed by atoms with Crippen LogP contribution in [0.25, 0.3) is 5.69 Å². The Balaban J connectivity index is 1.62. The molecule has 2 aromatic rings. The number of hydrogen-bond donors (Lipinski definition) is 1. The van der Waals surface area contributed by atoms with Crippen molar-refractivity contribution in [1.29, 1.82) is 0 Å². The molecular weight excluding hydrogens is 372 g/mol. The second kappa shape index (κ2) is 8.07. The van der Waals surface area contributed by atoms with Crippen molar-refractivity contribution in [2.24, 2.45) is 0 Å². The number of para-hydroxylation sites is 2. The number of ether oxygens (including phenoxy) is 2. The van der Waals surface area contributed by atoms with Crippen LogP contribution in [-0.2, 0) is 14.8 Å². The highest BCUT2D eigenvalue weighted by Crippen LogP contribution is 2.21. The number of nitrogens with one attached hydrogen (secondary N) is 1. The van der Waals surface area contributed by atoms with Gasteiger partial charge in [-0.2, -0.15) is 9.40 Å². The molecule has 1 unspecified atom stereocenters. The van der Waals surface area contributed by atoms with Gasteiger partial charge in [0, 0.05) is 25.8 Å². The monoisotopic (exact) mass is 394 g/mol. The minimum atomic E-state index is -3.27. The third-order valence-corrected chi connectivity index (χ3v) is 5.51. The summed E-state index contributed by atoms with van der Waals surface area (Å²) >= 11 is 0. The smallest absolute Gasteiger partial charge is 0.254 e. The normalized spacial score (nSPS) is 18.2. The number of morpholine rings is 1. The van der Waals surface area contributed by atoms with E-state index in [0.29, 0.717) is 24.5 Å². The molecule has 0 aliphatic carbocycles. The predicted molar refractivity (Wildman–Crippen MR) is 98.6 cm³/mol. The van der Waals surface area contributed by atoms with Crippen LogP contribution in [0.3, 0.4) is 0 Å². The first-order valence-corrected chi connectivity index (χ1v) is 10.3. The summed E-state index contributed by atoms with van der Waals surface area (Å²) in [7, 11) is -1.70. The lowest BCUT2D eigenvalue weighted by molar-refractivity contribution is 0.000438. The molecule has 1 aliphatic rings. The van der Waals surface area contributed by atoms with Crippen LogP contribution in [0.5, 0.6) is 5.75 Å². The number of sulfonamides is 1. The van der Waals surface area contributed by atoms with E-state index >= 15 is 0 Å². The maximum absolute atomic E-state index is 12.4. The van der Waals surface area contributed by atoms with E-state index in [9.17, 15) is 13.2 Å². The van der Waals surface area contributed by atoms with Crippen molar-refractivity contribution in [1.82, 2.24) is 19.4 Å². The molecule has 1 fully saturated rings. The van der Waals surface area contributed by atoms with Crippen molar-refractivity contribution >= 4 is 15.9 Å². The molecule has 2 heterocycles. The summed E-state index contributed by atoms with van der Waals surface area (Å²) in [5.74, 6) is 0.334. The van der Waals surface area contributed by atoms with E-state index in [0.717, 1.165) is 5.69 Å². The second-order valence-corrected chi connectivity index (χ2v) is 8.15.